The van der Waals surface area contributed by atoms with Gasteiger partial charge in [0, 0.05) is 43.3 Å². The first-order chi connectivity index (χ1) is 13.9. The molecule has 0 spiro atoms. The zero-order valence-corrected chi connectivity index (χ0v) is 16.8. The van der Waals surface area contributed by atoms with E-state index in [0.29, 0.717) is 11.3 Å². The average Bonchev–Trinajstić information content (AvgIpc) is 3.03. The van der Waals surface area contributed by atoms with Crippen molar-refractivity contribution in [1.82, 2.24) is 15.0 Å². The summed E-state index contributed by atoms with van der Waals surface area (Å²) >= 11 is 0. The molecule has 0 bridgehead atoms. The van der Waals surface area contributed by atoms with Gasteiger partial charge in [-0.1, -0.05) is 0 Å². The lowest BCUT2D eigenvalue weighted by molar-refractivity contribution is -0.110. The third-order valence-electron chi connectivity index (χ3n) is 4.88. The molecule has 0 saturated carbocycles. The Morgan fingerprint density at radius 2 is 1.90 bits per heavy atom. The predicted octanol–water partition coefficient (Wildman–Crippen LogP) is 3.71. The van der Waals surface area contributed by atoms with Gasteiger partial charge in [-0.2, -0.15) is 0 Å². The zero-order valence-electron chi connectivity index (χ0n) is 16.8. The average molecular weight is 386 g/mol. The predicted molar refractivity (Wildman–Crippen MR) is 116 cm³/mol. The Morgan fingerprint density at radius 1 is 1.07 bits per heavy atom. The summed E-state index contributed by atoms with van der Waals surface area (Å²) in [6, 6.07) is 7.75. The number of aromatic nitrogens is 3. The molecule has 0 radical (unpaired) electrons. The number of hydrogen-bond donors (Lipinski definition) is 2. The van der Waals surface area contributed by atoms with Crippen molar-refractivity contribution >= 4 is 28.7 Å². The van der Waals surface area contributed by atoms with Gasteiger partial charge in [-0.05, 0) is 43.7 Å². The molecule has 7 nitrogen and oxygen atoms in total. The molecule has 0 unspecified atom stereocenters. The summed E-state index contributed by atoms with van der Waals surface area (Å²) in [5, 5.41) is 6.19. The van der Waals surface area contributed by atoms with E-state index < -0.39 is 0 Å². The van der Waals surface area contributed by atoms with Crippen molar-refractivity contribution in [2.45, 2.75) is 13.8 Å². The van der Waals surface area contributed by atoms with E-state index in [4.69, 9.17) is 0 Å². The van der Waals surface area contributed by atoms with Gasteiger partial charge in [-0.15, -0.1) is 0 Å². The Kier molecular flexibility index (Phi) is 4.72. The molecule has 146 valence electrons. The van der Waals surface area contributed by atoms with Gasteiger partial charge in [0.1, 0.15) is 5.82 Å². The van der Waals surface area contributed by atoms with E-state index in [1.807, 2.05) is 57.1 Å². The Labute approximate surface area is 169 Å². The van der Waals surface area contributed by atoms with Gasteiger partial charge >= 0.3 is 0 Å². The first-order valence-electron chi connectivity index (χ1n) is 9.28. The second-order valence-corrected chi connectivity index (χ2v) is 7.18. The maximum absolute atomic E-state index is 12.6. The molecule has 29 heavy (non-hydrogen) atoms. The van der Waals surface area contributed by atoms with Crippen LogP contribution in [0.3, 0.4) is 0 Å². The van der Waals surface area contributed by atoms with Crippen LogP contribution in [0.4, 0.5) is 17.2 Å². The van der Waals surface area contributed by atoms with Crippen LogP contribution >= 0.6 is 0 Å². The molecule has 4 rings (SSSR count). The molecule has 0 saturated heterocycles. The van der Waals surface area contributed by atoms with Gasteiger partial charge in [-0.3, -0.25) is 14.8 Å². The number of carbonyl (C=O) groups is 1. The topological polar surface area (TPSA) is 83.0 Å². The van der Waals surface area contributed by atoms with Gasteiger partial charge in [0.05, 0.1) is 35.0 Å². The first-order valence-corrected chi connectivity index (χ1v) is 9.28. The van der Waals surface area contributed by atoms with E-state index in [1.54, 1.807) is 24.8 Å². The molecule has 7 heteroatoms. The minimum absolute atomic E-state index is 0.148. The number of allylic oxidation sites excluding steroid dienone is 1. The number of aryl methyl sites for hydroxylation is 1. The summed E-state index contributed by atoms with van der Waals surface area (Å²) < 4.78 is 0. The highest BCUT2D eigenvalue weighted by Gasteiger charge is 2.27. The lowest BCUT2D eigenvalue weighted by atomic mass is 10.0. The van der Waals surface area contributed by atoms with E-state index in [9.17, 15) is 4.79 Å². The molecular formula is C22H22N6O. The highest BCUT2D eigenvalue weighted by molar-refractivity contribution is 6.32. The Balaban J connectivity index is 1.71. The molecule has 0 aromatic carbocycles. The van der Waals surface area contributed by atoms with E-state index in [0.717, 1.165) is 39.6 Å². The number of amides is 1. The first kappa shape index (κ1) is 18.6. The van der Waals surface area contributed by atoms with Gasteiger partial charge in [0.15, 0.2) is 0 Å². The van der Waals surface area contributed by atoms with E-state index >= 15 is 0 Å². The number of hydrogen-bond acceptors (Lipinski definition) is 6. The van der Waals surface area contributed by atoms with Crippen LogP contribution in [-0.2, 0) is 4.79 Å². The molecule has 2 N–H and O–H groups in total. The van der Waals surface area contributed by atoms with Crippen molar-refractivity contribution in [3.63, 3.8) is 0 Å². The number of nitrogens with zero attached hydrogens (tertiary/aromatic N) is 4. The quantitative estimate of drug-likeness (QED) is 0.665. The van der Waals surface area contributed by atoms with Crippen molar-refractivity contribution in [3.8, 4) is 11.3 Å². The van der Waals surface area contributed by atoms with Crippen molar-refractivity contribution in [3.05, 3.63) is 65.9 Å². The largest absolute Gasteiger partial charge is 0.363 e. The van der Waals surface area contributed by atoms with E-state index in [-0.39, 0.29) is 5.91 Å². The number of carbonyl (C=O) groups excluding carboxylic acids is 1. The number of anilines is 3. The summed E-state index contributed by atoms with van der Waals surface area (Å²) in [6.07, 6.45) is 7.00. The van der Waals surface area contributed by atoms with Crippen LogP contribution in [0.5, 0.6) is 0 Å². The molecule has 4 heterocycles. The fraction of sp³-hybridized carbons (Fsp3) is 0.182. The third-order valence-corrected chi connectivity index (χ3v) is 4.88. The second kappa shape index (κ2) is 7.35. The maximum atomic E-state index is 12.6. The van der Waals surface area contributed by atoms with E-state index in [1.165, 1.54) is 0 Å². The molecular weight excluding hydrogens is 364 g/mol. The van der Waals surface area contributed by atoms with Crippen molar-refractivity contribution in [1.29, 1.82) is 0 Å². The zero-order chi connectivity index (χ0) is 20.5. The summed E-state index contributed by atoms with van der Waals surface area (Å²) in [5.74, 6) is 0.720. The van der Waals surface area contributed by atoms with Crippen LogP contribution in [0.1, 0.15) is 18.1 Å². The minimum atomic E-state index is -0.148. The Morgan fingerprint density at radius 3 is 2.59 bits per heavy atom. The number of fused-ring (bicyclic) bond motifs is 1. The van der Waals surface area contributed by atoms with Crippen molar-refractivity contribution in [2.75, 3.05) is 29.6 Å². The molecule has 0 fully saturated rings. The normalized spacial score (nSPS) is 14.3. The highest BCUT2D eigenvalue weighted by atomic mass is 16.2. The second-order valence-electron chi connectivity index (χ2n) is 7.18. The SMILES string of the molecule is C/C(Nc1ccc(N(C)C)nc1)=C1/C(=O)Nc2cnc(-c3cnccc3C)cc21. The summed E-state index contributed by atoms with van der Waals surface area (Å²) in [7, 11) is 3.89. The lowest BCUT2D eigenvalue weighted by Crippen LogP contribution is -2.11. The van der Waals surface area contributed by atoms with Crippen LogP contribution in [-0.4, -0.2) is 35.0 Å². The van der Waals surface area contributed by atoms with Gasteiger partial charge in [0.2, 0.25) is 0 Å². The minimum Gasteiger partial charge on any atom is -0.363 e. The van der Waals surface area contributed by atoms with Gasteiger partial charge in [-0.25, -0.2) is 4.98 Å². The Hall–Kier alpha value is -3.74. The molecule has 3 aromatic heterocycles. The smallest absolute Gasteiger partial charge is 0.258 e. The molecule has 3 aromatic rings. The summed E-state index contributed by atoms with van der Waals surface area (Å²) in [4.78, 5) is 27.7. The van der Waals surface area contributed by atoms with Crippen molar-refractivity contribution < 1.29 is 4.79 Å². The molecule has 0 aliphatic carbocycles. The van der Waals surface area contributed by atoms with Gasteiger partial charge in [0.25, 0.3) is 5.91 Å². The lowest BCUT2D eigenvalue weighted by Gasteiger charge is -2.13. The maximum Gasteiger partial charge on any atom is 0.258 e. The fourth-order valence-electron chi connectivity index (χ4n) is 3.32. The standard InChI is InChI=1S/C22H22N6O/c1-13-7-8-23-11-17(13)18-9-16-19(12-24-18)27-22(29)21(16)14(2)26-15-5-6-20(25-10-15)28(3)4/h5-12,26H,1-4H3,(H,27,29)/b21-14-. The van der Waals surface area contributed by atoms with Gasteiger partial charge < -0.3 is 15.5 Å². The number of nitrogens with one attached hydrogen (secondary N) is 2. The molecule has 1 aliphatic rings. The fourth-order valence-corrected chi connectivity index (χ4v) is 3.32. The molecule has 1 aliphatic heterocycles. The van der Waals surface area contributed by atoms with Crippen LogP contribution in [0, 0.1) is 6.92 Å². The molecule has 1 amide bonds. The summed E-state index contributed by atoms with van der Waals surface area (Å²) in [5.41, 5.74) is 6.51. The summed E-state index contributed by atoms with van der Waals surface area (Å²) in [6.45, 7) is 3.91. The van der Waals surface area contributed by atoms with Crippen LogP contribution < -0.4 is 15.5 Å². The van der Waals surface area contributed by atoms with Crippen LogP contribution in [0.25, 0.3) is 16.8 Å². The van der Waals surface area contributed by atoms with Crippen LogP contribution in [0.2, 0.25) is 0 Å². The number of pyridine rings is 3. The van der Waals surface area contributed by atoms with Crippen LogP contribution in [0.15, 0.2) is 54.7 Å². The van der Waals surface area contributed by atoms with Crippen molar-refractivity contribution in [2.24, 2.45) is 0 Å². The third kappa shape index (κ3) is 3.54. The highest BCUT2D eigenvalue weighted by Crippen LogP contribution is 2.36. The Bertz CT molecular complexity index is 1120. The number of rotatable bonds is 4. The van der Waals surface area contributed by atoms with E-state index in [2.05, 4.69) is 25.6 Å². The molecule has 0 atom stereocenters. The monoisotopic (exact) mass is 386 g/mol.